The van der Waals surface area contributed by atoms with Crippen LogP contribution in [0, 0.1) is 5.92 Å². The number of ether oxygens (including phenoxy) is 2. The lowest BCUT2D eigenvalue weighted by atomic mass is 9.89. The van der Waals surface area contributed by atoms with Crippen LogP contribution in [0.15, 0.2) is 0 Å². The van der Waals surface area contributed by atoms with Gasteiger partial charge in [-0.25, -0.2) is 4.79 Å². The molecule has 2 heterocycles. The predicted octanol–water partition coefficient (Wildman–Crippen LogP) is 2.42. The zero-order valence-electron chi connectivity index (χ0n) is 11.1. The summed E-state index contributed by atoms with van der Waals surface area (Å²) in [6.45, 7) is 8.15. The van der Waals surface area contributed by atoms with E-state index in [0.717, 1.165) is 32.5 Å². The van der Waals surface area contributed by atoms with Crippen molar-refractivity contribution in [2.75, 3.05) is 19.7 Å². The van der Waals surface area contributed by atoms with Crippen LogP contribution in [0.4, 0.5) is 4.79 Å². The van der Waals surface area contributed by atoms with Gasteiger partial charge in [0.25, 0.3) is 0 Å². The second kappa shape index (κ2) is 4.84. The van der Waals surface area contributed by atoms with E-state index in [2.05, 4.69) is 0 Å². The number of piperidine rings is 1. The normalized spacial score (nSPS) is 29.7. The van der Waals surface area contributed by atoms with Gasteiger partial charge in [0, 0.05) is 25.6 Å². The molecule has 4 heteroatoms. The van der Waals surface area contributed by atoms with Gasteiger partial charge in [0.1, 0.15) is 5.60 Å². The Morgan fingerprint density at radius 1 is 1.35 bits per heavy atom. The molecule has 2 saturated heterocycles. The fourth-order valence-electron chi connectivity index (χ4n) is 2.58. The van der Waals surface area contributed by atoms with E-state index in [4.69, 9.17) is 9.47 Å². The largest absolute Gasteiger partial charge is 0.444 e. The number of rotatable bonds is 0. The molecule has 2 atom stereocenters. The molecule has 2 aliphatic heterocycles. The Kier molecular flexibility index (Phi) is 3.61. The van der Waals surface area contributed by atoms with Crippen molar-refractivity contribution in [1.82, 2.24) is 4.90 Å². The number of hydrogen-bond donors (Lipinski definition) is 0. The Bertz CT molecular complexity index is 285. The standard InChI is InChI=1S/C13H23NO3/c1-13(2,3)17-12(15)14-7-6-11-10(9-14)5-4-8-16-11/h10-11H,4-9H2,1-3H3/t10-,11-/m1/s1. The van der Waals surface area contributed by atoms with Crippen LogP contribution in [0.3, 0.4) is 0 Å². The highest BCUT2D eigenvalue weighted by molar-refractivity contribution is 5.68. The molecule has 2 rings (SSSR count). The molecular weight excluding hydrogens is 218 g/mol. The van der Waals surface area contributed by atoms with Crippen LogP contribution < -0.4 is 0 Å². The van der Waals surface area contributed by atoms with Gasteiger partial charge in [0.2, 0.25) is 0 Å². The lowest BCUT2D eigenvalue weighted by molar-refractivity contribution is -0.0686. The molecule has 0 aromatic rings. The summed E-state index contributed by atoms with van der Waals surface area (Å²) in [5.74, 6) is 0.505. The van der Waals surface area contributed by atoms with E-state index in [1.807, 2.05) is 25.7 Å². The third-order valence-corrected chi connectivity index (χ3v) is 3.37. The Morgan fingerprint density at radius 2 is 2.12 bits per heavy atom. The fourth-order valence-corrected chi connectivity index (χ4v) is 2.58. The van der Waals surface area contributed by atoms with Crippen LogP contribution in [0.25, 0.3) is 0 Å². The van der Waals surface area contributed by atoms with Crippen molar-refractivity contribution in [2.24, 2.45) is 5.92 Å². The molecule has 0 saturated carbocycles. The highest BCUT2D eigenvalue weighted by Crippen LogP contribution is 2.28. The summed E-state index contributed by atoms with van der Waals surface area (Å²) in [7, 11) is 0. The van der Waals surface area contributed by atoms with Crippen LogP contribution in [0.2, 0.25) is 0 Å². The number of carbonyl (C=O) groups excluding carboxylic acids is 1. The SMILES string of the molecule is CC(C)(C)OC(=O)N1CC[C@H]2OCCC[C@@H]2C1. The highest BCUT2D eigenvalue weighted by atomic mass is 16.6. The molecule has 2 fully saturated rings. The molecule has 0 radical (unpaired) electrons. The van der Waals surface area contributed by atoms with Gasteiger partial charge in [0.05, 0.1) is 6.10 Å². The molecule has 1 amide bonds. The lowest BCUT2D eigenvalue weighted by Crippen LogP contribution is -2.49. The Balaban J connectivity index is 1.89. The van der Waals surface area contributed by atoms with E-state index >= 15 is 0 Å². The van der Waals surface area contributed by atoms with Crippen LogP contribution in [-0.2, 0) is 9.47 Å². The van der Waals surface area contributed by atoms with Crippen LogP contribution in [0.1, 0.15) is 40.0 Å². The quantitative estimate of drug-likeness (QED) is 0.654. The minimum Gasteiger partial charge on any atom is -0.444 e. The van der Waals surface area contributed by atoms with Gasteiger partial charge in [-0.1, -0.05) is 0 Å². The maximum atomic E-state index is 12.0. The third kappa shape index (κ3) is 3.35. The first-order valence-corrected chi connectivity index (χ1v) is 6.55. The van der Waals surface area contributed by atoms with Crippen LogP contribution in [0.5, 0.6) is 0 Å². The minimum atomic E-state index is -0.406. The van der Waals surface area contributed by atoms with E-state index in [1.54, 1.807) is 0 Å². The second-order valence-electron chi connectivity index (χ2n) is 6.03. The minimum absolute atomic E-state index is 0.179. The lowest BCUT2D eigenvalue weighted by Gasteiger charge is -2.41. The van der Waals surface area contributed by atoms with E-state index in [9.17, 15) is 4.79 Å². The fraction of sp³-hybridized carbons (Fsp3) is 0.923. The maximum absolute atomic E-state index is 12.0. The monoisotopic (exact) mass is 241 g/mol. The molecular formula is C13H23NO3. The first kappa shape index (κ1) is 12.7. The van der Waals surface area contributed by atoms with Crippen molar-refractivity contribution in [2.45, 2.75) is 51.7 Å². The molecule has 0 spiro atoms. The van der Waals surface area contributed by atoms with E-state index in [1.165, 1.54) is 6.42 Å². The van der Waals surface area contributed by atoms with Gasteiger partial charge in [-0.05, 0) is 40.0 Å². The summed E-state index contributed by atoms with van der Waals surface area (Å²) in [6, 6.07) is 0. The number of carbonyl (C=O) groups is 1. The van der Waals surface area contributed by atoms with Crippen molar-refractivity contribution in [3.63, 3.8) is 0 Å². The second-order valence-corrected chi connectivity index (χ2v) is 6.03. The van der Waals surface area contributed by atoms with Crippen molar-refractivity contribution in [3.8, 4) is 0 Å². The van der Waals surface area contributed by atoms with E-state index in [0.29, 0.717) is 12.0 Å². The average molecular weight is 241 g/mol. The van der Waals surface area contributed by atoms with Crippen LogP contribution in [-0.4, -0.2) is 42.4 Å². The molecule has 4 nitrogen and oxygen atoms in total. The Labute approximate surface area is 103 Å². The van der Waals surface area contributed by atoms with Crippen molar-refractivity contribution >= 4 is 6.09 Å². The Hall–Kier alpha value is -0.770. The molecule has 0 aromatic carbocycles. The van der Waals surface area contributed by atoms with Crippen LogP contribution >= 0.6 is 0 Å². The number of hydrogen-bond acceptors (Lipinski definition) is 3. The molecule has 17 heavy (non-hydrogen) atoms. The summed E-state index contributed by atoms with van der Waals surface area (Å²) >= 11 is 0. The zero-order chi connectivity index (χ0) is 12.5. The van der Waals surface area contributed by atoms with Gasteiger partial charge in [0.15, 0.2) is 0 Å². The molecule has 98 valence electrons. The molecule has 0 aliphatic carbocycles. The van der Waals surface area contributed by atoms with Gasteiger partial charge >= 0.3 is 6.09 Å². The number of fused-ring (bicyclic) bond motifs is 1. The van der Waals surface area contributed by atoms with Crippen molar-refractivity contribution in [3.05, 3.63) is 0 Å². The average Bonchev–Trinajstić information content (AvgIpc) is 2.26. The number of nitrogens with zero attached hydrogens (tertiary/aromatic N) is 1. The Morgan fingerprint density at radius 3 is 2.82 bits per heavy atom. The molecule has 0 unspecified atom stereocenters. The number of amides is 1. The molecule has 2 aliphatic rings. The first-order chi connectivity index (χ1) is 7.96. The van der Waals surface area contributed by atoms with Gasteiger partial charge in [-0.3, -0.25) is 0 Å². The molecule has 0 N–H and O–H groups in total. The summed E-state index contributed by atoms with van der Waals surface area (Å²) in [5.41, 5.74) is -0.406. The van der Waals surface area contributed by atoms with Gasteiger partial charge < -0.3 is 14.4 Å². The van der Waals surface area contributed by atoms with Crippen molar-refractivity contribution in [1.29, 1.82) is 0 Å². The first-order valence-electron chi connectivity index (χ1n) is 6.55. The van der Waals surface area contributed by atoms with Gasteiger partial charge in [-0.2, -0.15) is 0 Å². The van der Waals surface area contributed by atoms with E-state index < -0.39 is 5.60 Å². The summed E-state index contributed by atoms with van der Waals surface area (Å²) in [6.07, 6.45) is 3.42. The van der Waals surface area contributed by atoms with Crippen molar-refractivity contribution < 1.29 is 14.3 Å². The highest BCUT2D eigenvalue weighted by Gasteiger charge is 2.35. The molecule has 0 bridgehead atoms. The van der Waals surface area contributed by atoms with Gasteiger partial charge in [-0.15, -0.1) is 0 Å². The summed E-state index contributed by atoms with van der Waals surface area (Å²) in [4.78, 5) is 13.8. The predicted molar refractivity (Wildman–Crippen MR) is 64.9 cm³/mol. The smallest absolute Gasteiger partial charge is 0.410 e. The third-order valence-electron chi connectivity index (χ3n) is 3.37. The summed E-state index contributed by atoms with van der Waals surface area (Å²) < 4.78 is 11.1. The zero-order valence-corrected chi connectivity index (χ0v) is 11.1. The maximum Gasteiger partial charge on any atom is 0.410 e. The topological polar surface area (TPSA) is 38.8 Å². The van der Waals surface area contributed by atoms with E-state index in [-0.39, 0.29) is 6.09 Å². The molecule has 0 aromatic heterocycles. The number of likely N-dealkylation sites (tertiary alicyclic amines) is 1. The summed E-state index contributed by atoms with van der Waals surface area (Å²) in [5, 5.41) is 0.